The number of likely N-dealkylation sites (tertiary alicyclic amines) is 1. The Labute approximate surface area is 161 Å². The lowest BCUT2D eigenvalue weighted by molar-refractivity contribution is 0.00298. The molecule has 0 unspecified atom stereocenters. The van der Waals surface area contributed by atoms with Crippen LogP contribution in [0.1, 0.15) is 43.6 Å². The highest BCUT2D eigenvalue weighted by Crippen LogP contribution is 2.33. The van der Waals surface area contributed by atoms with Crippen molar-refractivity contribution < 1.29 is 14.3 Å². The molecule has 1 aromatic heterocycles. The van der Waals surface area contributed by atoms with Crippen LogP contribution in [0.25, 0.3) is 0 Å². The van der Waals surface area contributed by atoms with Crippen LogP contribution in [-0.4, -0.2) is 83.6 Å². The van der Waals surface area contributed by atoms with Crippen molar-refractivity contribution in [2.45, 2.75) is 38.7 Å². The molecular formula is C20H32N4O3. The summed E-state index contributed by atoms with van der Waals surface area (Å²) in [5.74, 6) is 0.665. The predicted molar refractivity (Wildman–Crippen MR) is 104 cm³/mol. The van der Waals surface area contributed by atoms with Gasteiger partial charge in [-0.15, -0.1) is 0 Å². The van der Waals surface area contributed by atoms with Crippen LogP contribution in [-0.2, 0) is 4.74 Å². The number of aromatic amines is 1. The largest absolute Gasteiger partial charge is 0.441 e. The first-order valence-corrected chi connectivity index (χ1v) is 9.98. The number of nitrogens with zero attached hydrogens (tertiary/aromatic N) is 3. The van der Waals surface area contributed by atoms with Crippen molar-refractivity contribution in [3.05, 3.63) is 24.0 Å². The van der Waals surface area contributed by atoms with E-state index in [-0.39, 0.29) is 12.0 Å². The fourth-order valence-corrected chi connectivity index (χ4v) is 4.12. The lowest BCUT2D eigenvalue weighted by atomic mass is 9.91. The Bertz CT molecular complexity index is 636. The Kier molecular flexibility index (Phi) is 6.09. The van der Waals surface area contributed by atoms with Gasteiger partial charge < -0.3 is 24.4 Å². The fourth-order valence-electron chi connectivity index (χ4n) is 4.12. The quantitative estimate of drug-likeness (QED) is 0.793. The first kappa shape index (κ1) is 19.7. The number of rotatable bonds is 7. The highest BCUT2D eigenvalue weighted by atomic mass is 16.6. The molecule has 2 aliphatic rings. The van der Waals surface area contributed by atoms with E-state index in [4.69, 9.17) is 4.74 Å². The van der Waals surface area contributed by atoms with Crippen LogP contribution in [0.3, 0.4) is 0 Å². The van der Waals surface area contributed by atoms with Crippen LogP contribution in [0.5, 0.6) is 0 Å². The minimum atomic E-state index is -0.423. The zero-order valence-corrected chi connectivity index (χ0v) is 16.7. The molecule has 0 aromatic carbocycles. The molecule has 2 fully saturated rings. The number of aromatic nitrogens is 1. The lowest BCUT2D eigenvalue weighted by Gasteiger charge is -2.37. The van der Waals surface area contributed by atoms with E-state index < -0.39 is 5.60 Å². The van der Waals surface area contributed by atoms with Gasteiger partial charge in [0.15, 0.2) is 0 Å². The monoisotopic (exact) mass is 376 g/mol. The van der Waals surface area contributed by atoms with Gasteiger partial charge in [-0.1, -0.05) is 13.8 Å². The maximum Gasteiger partial charge on any atom is 0.410 e. The maximum absolute atomic E-state index is 12.4. The van der Waals surface area contributed by atoms with Gasteiger partial charge in [-0.25, -0.2) is 4.79 Å². The normalized spacial score (nSPS) is 19.4. The second kappa shape index (κ2) is 8.33. The molecule has 7 nitrogen and oxygen atoms in total. The van der Waals surface area contributed by atoms with E-state index >= 15 is 0 Å². The van der Waals surface area contributed by atoms with Gasteiger partial charge in [-0.05, 0) is 38.1 Å². The third kappa shape index (κ3) is 4.83. The van der Waals surface area contributed by atoms with Crippen molar-refractivity contribution in [2.75, 3.05) is 46.3 Å². The highest BCUT2D eigenvalue weighted by Gasteiger charge is 2.47. The van der Waals surface area contributed by atoms with Crippen LogP contribution in [0.2, 0.25) is 0 Å². The van der Waals surface area contributed by atoms with Gasteiger partial charge in [0.25, 0.3) is 5.91 Å². The molecule has 0 bridgehead atoms. The number of piperidine rings is 1. The number of nitrogens with one attached hydrogen (secondary N) is 1. The lowest BCUT2D eigenvalue weighted by Crippen LogP contribution is -2.48. The molecular weight excluding hydrogens is 344 g/mol. The van der Waals surface area contributed by atoms with E-state index in [0.717, 1.165) is 26.1 Å². The molecule has 0 aliphatic carbocycles. The molecule has 0 atom stereocenters. The van der Waals surface area contributed by atoms with E-state index in [9.17, 15) is 9.59 Å². The number of hydrogen-bond acceptors (Lipinski definition) is 4. The summed E-state index contributed by atoms with van der Waals surface area (Å²) in [5, 5.41) is 0. The first-order valence-electron chi connectivity index (χ1n) is 9.98. The minimum absolute atomic E-state index is 0.0178. The molecule has 27 heavy (non-hydrogen) atoms. The second-order valence-corrected chi connectivity index (χ2v) is 8.36. The van der Waals surface area contributed by atoms with Crippen LogP contribution < -0.4 is 0 Å². The molecule has 3 heterocycles. The molecule has 1 N–H and O–H groups in total. The van der Waals surface area contributed by atoms with E-state index in [0.29, 0.717) is 44.1 Å². The van der Waals surface area contributed by atoms with Crippen molar-refractivity contribution >= 4 is 12.0 Å². The average Bonchev–Trinajstić information content (AvgIpc) is 3.24. The SMILES string of the molecule is CC(C)CN(C)CCCN1CC2(CCN(C(=O)c3ccc[nH]3)CC2)OC1=O. The van der Waals surface area contributed by atoms with Crippen LogP contribution >= 0.6 is 0 Å². The summed E-state index contributed by atoms with van der Waals surface area (Å²) in [7, 11) is 2.13. The maximum atomic E-state index is 12.4. The molecule has 150 valence electrons. The highest BCUT2D eigenvalue weighted by molar-refractivity contribution is 5.92. The van der Waals surface area contributed by atoms with Crippen molar-refractivity contribution in [1.82, 2.24) is 19.7 Å². The van der Waals surface area contributed by atoms with Crippen LogP contribution in [0.15, 0.2) is 18.3 Å². The van der Waals surface area contributed by atoms with Gasteiger partial charge in [0.05, 0.1) is 6.54 Å². The standard InChI is InChI=1S/C20H32N4O3/c1-16(2)14-22(3)10-5-11-24-15-20(27-19(24)26)7-12-23(13-8-20)18(25)17-6-4-9-21-17/h4,6,9,16,21H,5,7-8,10-15H2,1-3H3. The summed E-state index contributed by atoms with van der Waals surface area (Å²) in [4.78, 5) is 33.7. The zero-order chi connectivity index (χ0) is 19.4. The Balaban J connectivity index is 1.45. The molecule has 2 saturated heterocycles. The summed E-state index contributed by atoms with van der Waals surface area (Å²) < 4.78 is 5.77. The van der Waals surface area contributed by atoms with E-state index in [1.807, 2.05) is 15.9 Å². The average molecular weight is 377 g/mol. The van der Waals surface area contributed by atoms with Gasteiger partial charge in [0, 0.05) is 45.2 Å². The number of carbonyl (C=O) groups excluding carboxylic acids is 2. The molecule has 2 amide bonds. The molecule has 7 heteroatoms. The molecule has 2 aliphatic heterocycles. The first-order chi connectivity index (χ1) is 12.9. The Hall–Kier alpha value is -2.02. The minimum Gasteiger partial charge on any atom is -0.441 e. The van der Waals surface area contributed by atoms with E-state index in [1.54, 1.807) is 12.3 Å². The number of carbonyl (C=O) groups is 2. The topological polar surface area (TPSA) is 68.9 Å². The summed E-state index contributed by atoms with van der Waals surface area (Å²) in [5.41, 5.74) is 0.189. The van der Waals surface area contributed by atoms with Gasteiger partial charge in [-0.2, -0.15) is 0 Å². The van der Waals surface area contributed by atoms with Gasteiger partial charge in [0.1, 0.15) is 11.3 Å². The Morgan fingerprint density at radius 2 is 2.11 bits per heavy atom. The van der Waals surface area contributed by atoms with Gasteiger partial charge in [-0.3, -0.25) is 4.79 Å². The van der Waals surface area contributed by atoms with Crippen molar-refractivity contribution in [3.8, 4) is 0 Å². The fraction of sp³-hybridized carbons (Fsp3) is 0.700. The zero-order valence-electron chi connectivity index (χ0n) is 16.7. The summed E-state index contributed by atoms with van der Waals surface area (Å²) in [6, 6.07) is 3.62. The van der Waals surface area contributed by atoms with Gasteiger partial charge in [0.2, 0.25) is 0 Å². The smallest absolute Gasteiger partial charge is 0.410 e. The number of hydrogen-bond donors (Lipinski definition) is 1. The second-order valence-electron chi connectivity index (χ2n) is 8.36. The van der Waals surface area contributed by atoms with Crippen molar-refractivity contribution in [3.63, 3.8) is 0 Å². The third-order valence-electron chi connectivity index (χ3n) is 5.48. The number of amides is 2. The molecule has 0 radical (unpaired) electrons. The summed E-state index contributed by atoms with van der Waals surface area (Å²) >= 11 is 0. The molecule has 3 rings (SSSR count). The molecule has 1 spiro atoms. The van der Waals surface area contributed by atoms with E-state index in [2.05, 4.69) is 30.8 Å². The molecule has 0 saturated carbocycles. The van der Waals surface area contributed by atoms with E-state index in [1.165, 1.54) is 0 Å². The molecule has 1 aromatic rings. The van der Waals surface area contributed by atoms with Crippen LogP contribution in [0.4, 0.5) is 4.79 Å². The van der Waals surface area contributed by atoms with Crippen LogP contribution in [0, 0.1) is 5.92 Å². The summed E-state index contributed by atoms with van der Waals surface area (Å²) in [6.45, 7) is 9.09. The third-order valence-corrected chi connectivity index (χ3v) is 5.48. The number of ether oxygens (including phenoxy) is 1. The van der Waals surface area contributed by atoms with Crippen molar-refractivity contribution in [1.29, 1.82) is 0 Å². The number of H-pyrrole nitrogens is 1. The summed E-state index contributed by atoms with van der Waals surface area (Å²) in [6.07, 6.45) is 3.91. The van der Waals surface area contributed by atoms with Crippen molar-refractivity contribution in [2.24, 2.45) is 5.92 Å². The predicted octanol–water partition coefficient (Wildman–Crippen LogP) is 2.42. The Morgan fingerprint density at radius 1 is 1.37 bits per heavy atom. The Morgan fingerprint density at radius 3 is 2.74 bits per heavy atom. The van der Waals surface area contributed by atoms with Gasteiger partial charge >= 0.3 is 6.09 Å².